The Kier molecular flexibility index (Phi) is 3.94. The number of nitrogens with one attached hydrogen (secondary N) is 1. The van der Waals surface area contributed by atoms with Gasteiger partial charge in [0.15, 0.2) is 0 Å². The molecule has 0 saturated carbocycles. The molecule has 5 heteroatoms. The van der Waals surface area contributed by atoms with E-state index in [4.69, 9.17) is 5.26 Å². The van der Waals surface area contributed by atoms with Gasteiger partial charge in [-0.3, -0.25) is 4.79 Å². The van der Waals surface area contributed by atoms with Gasteiger partial charge in [-0.15, -0.1) is 6.58 Å². The molecule has 0 unspecified atom stereocenters. The van der Waals surface area contributed by atoms with Crippen molar-refractivity contribution < 1.29 is 4.79 Å². The highest BCUT2D eigenvalue weighted by atomic mass is 16.1. The predicted octanol–water partition coefficient (Wildman–Crippen LogP) is 1.40. The molecule has 5 nitrogen and oxygen atoms in total. The van der Waals surface area contributed by atoms with Crippen LogP contribution in [0.15, 0.2) is 36.9 Å². The smallest absolute Gasteiger partial charge is 0.240 e. The first-order valence-electron chi connectivity index (χ1n) is 5.95. The van der Waals surface area contributed by atoms with Crippen molar-refractivity contribution in [2.45, 2.75) is 13.0 Å². The first-order valence-corrected chi connectivity index (χ1v) is 5.95. The molecule has 0 aliphatic rings. The van der Waals surface area contributed by atoms with Gasteiger partial charge in [0.05, 0.1) is 23.5 Å². The Morgan fingerprint density at radius 2 is 2.32 bits per heavy atom. The lowest BCUT2D eigenvalue weighted by atomic mass is 10.3. The fourth-order valence-corrected chi connectivity index (χ4v) is 1.89. The Bertz CT molecular complexity index is 651. The van der Waals surface area contributed by atoms with E-state index in [-0.39, 0.29) is 18.9 Å². The van der Waals surface area contributed by atoms with Crippen molar-refractivity contribution in [3.63, 3.8) is 0 Å². The van der Waals surface area contributed by atoms with Gasteiger partial charge in [0.2, 0.25) is 5.91 Å². The minimum absolute atomic E-state index is 0.123. The topological polar surface area (TPSA) is 70.7 Å². The first-order chi connectivity index (χ1) is 9.26. The zero-order chi connectivity index (χ0) is 13.7. The molecule has 96 valence electrons. The lowest BCUT2D eigenvalue weighted by molar-refractivity contribution is -0.121. The van der Waals surface area contributed by atoms with Crippen LogP contribution in [-0.4, -0.2) is 22.0 Å². The summed E-state index contributed by atoms with van der Waals surface area (Å²) in [5.74, 6) is 0.486. The maximum atomic E-state index is 11.8. The third-order valence-corrected chi connectivity index (χ3v) is 2.72. The monoisotopic (exact) mass is 254 g/mol. The molecular weight excluding hydrogens is 240 g/mol. The van der Waals surface area contributed by atoms with E-state index in [2.05, 4.69) is 22.9 Å². The summed E-state index contributed by atoms with van der Waals surface area (Å²) in [6.45, 7) is 4.14. The van der Waals surface area contributed by atoms with E-state index < -0.39 is 0 Å². The number of para-hydroxylation sites is 2. The van der Waals surface area contributed by atoms with Crippen molar-refractivity contribution in [2.75, 3.05) is 6.54 Å². The number of carbonyl (C=O) groups is 1. The first kappa shape index (κ1) is 12.8. The molecule has 1 N–H and O–H groups in total. The molecule has 0 saturated heterocycles. The van der Waals surface area contributed by atoms with Crippen molar-refractivity contribution in [1.82, 2.24) is 14.9 Å². The molecule has 0 atom stereocenters. The highest BCUT2D eigenvalue weighted by Gasteiger charge is 2.12. The number of rotatable bonds is 5. The van der Waals surface area contributed by atoms with Crippen LogP contribution >= 0.6 is 0 Å². The molecule has 0 aliphatic heterocycles. The molecule has 0 fully saturated rings. The third kappa shape index (κ3) is 2.80. The van der Waals surface area contributed by atoms with E-state index in [1.807, 2.05) is 24.3 Å². The van der Waals surface area contributed by atoms with Crippen molar-refractivity contribution in [3.05, 3.63) is 42.7 Å². The normalized spacial score (nSPS) is 10.1. The molecule has 0 spiro atoms. The molecule has 0 aliphatic carbocycles. The number of hydrogen-bond donors (Lipinski definition) is 1. The van der Waals surface area contributed by atoms with Crippen LogP contribution in [0.25, 0.3) is 11.0 Å². The van der Waals surface area contributed by atoms with Gasteiger partial charge in [-0.1, -0.05) is 18.2 Å². The fourth-order valence-electron chi connectivity index (χ4n) is 1.89. The summed E-state index contributed by atoms with van der Waals surface area (Å²) < 4.78 is 1.77. The molecule has 1 aromatic carbocycles. The number of carbonyl (C=O) groups excluding carboxylic acids is 1. The maximum Gasteiger partial charge on any atom is 0.240 e. The number of hydrogen-bond acceptors (Lipinski definition) is 3. The molecular formula is C14H14N4O. The third-order valence-electron chi connectivity index (χ3n) is 2.72. The second kappa shape index (κ2) is 5.83. The van der Waals surface area contributed by atoms with Gasteiger partial charge in [0.1, 0.15) is 12.4 Å². The summed E-state index contributed by atoms with van der Waals surface area (Å²) in [4.78, 5) is 16.2. The zero-order valence-electron chi connectivity index (χ0n) is 10.5. The van der Waals surface area contributed by atoms with Gasteiger partial charge >= 0.3 is 0 Å². The van der Waals surface area contributed by atoms with E-state index in [0.717, 1.165) is 11.0 Å². The Morgan fingerprint density at radius 1 is 1.53 bits per heavy atom. The average Bonchev–Trinajstić information content (AvgIpc) is 2.75. The lowest BCUT2D eigenvalue weighted by Gasteiger charge is -2.07. The highest BCUT2D eigenvalue weighted by molar-refractivity contribution is 5.81. The van der Waals surface area contributed by atoms with Gasteiger partial charge in [0, 0.05) is 6.54 Å². The molecule has 1 heterocycles. The van der Waals surface area contributed by atoms with Crippen molar-refractivity contribution in [3.8, 4) is 6.07 Å². The average molecular weight is 254 g/mol. The van der Waals surface area contributed by atoms with Gasteiger partial charge < -0.3 is 9.88 Å². The summed E-state index contributed by atoms with van der Waals surface area (Å²) in [5, 5.41) is 11.5. The number of fused-ring (bicyclic) bond motifs is 1. The Labute approximate surface area is 111 Å². The SMILES string of the molecule is C=CCNC(=O)Cn1c(CC#N)nc2ccccc21. The minimum atomic E-state index is -0.123. The van der Waals surface area contributed by atoms with Crippen LogP contribution in [0, 0.1) is 11.3 Å². The standard InChI is InChI=1S/C14H14N4O/c1-2-9-16-14(19)10-18-12-6-4-3-5-11(12)17-13(18)7-8-15/h2-6H,1,7,9-10H2,(H,16,19). The minimum Gasteiger partial charge on any atom is -0.351 e. The van der Waals surface area contributed by atoms with Gasteiger partial charge in [-0.2, -0.15) is 5.26 Å². The lowest BCUT2D eigenvalue weighted by Crippen LogP contribution is -2.28. The van der Waals surface area contributed by atoms with E-state index in [9.17, 15) is 4.79 Å². The van der Waals surface area contributed by atoms with Crippen LogP contribution in [0.1, 0.15) is 5.82 Å². The van der Waals surface area contributed by atoms with Crippen LogP contribution in [-0.2, 0) is 17.8 Å². The number of aromatic nitrogens is 2. The summed E-state index contributed by atoms with van der Waals surface area (Å²) in [6.07, 6.45) is 1.81. The van der Waals surface area contributed by atoms with Crippen LogP contribution in [0.5, 0.6) is 0 Å². The summed E-state index contributed by atoms with van der Waals surface area (Å²) >= 11 is 0. The highest BCUT2D eigenvalue weighted by Crippen LogP contribution is 2.16. The van der Waals surface area contributed by atoms with Gasteiger partial charge in [-0.25, -0.2) is 4.98 Å². The van der Waals surface area contributed by atoms with Crippen molar-refractivity contribution >= 4 is 16.9 Å². The predicted molar refractivity (Wildman–Crippen MR) is 72.3 cm³/mol. The summed E-state index contributed by atoms with van der Waals surface area (Å²) in [5.41, 5.74) is 1.66. The van der Waals surface area contributed by atoms with Crippen LogP contribution in [0.2, 0.25) is 0 Å². The van der Waals surface area contributed by atoms with Crippen molar-refractivity contribution in [1.29, 1.82) is 5.26 Å². The zero-order valence-corrected chi connectivity index (χ0v) is 10.5. The molecule has 2 rings (SSSR count). The second-order valence-electron chi connectivity index (χ2n) is 4.03. The molecule has 0 bridgehead atoms. The van der Waals surface area contributed by atoms with Crippen LogP contribution < -0.4 is 5.32 Å². The van der Waals surface area contributed by atoms with E-state index in [1.165, 1.54) is 0 Å². The summed E-state index contributed by atoms with van der Waals surface area (Å²) in [7, 11) is 0. The molecule has 1 amide bonds. The Morgan fingerprint density at radius 3 is 3.05 bits per heavy atom. The number of amides is 1. The molecule has 19 heavy (non-hydrogen) atoms. The number of nitrogens with zero attached hydrogens (tertiary/aromatic N) is 3. The molecule has 2 aromatic rings. The quantitative estimate of drug-likeness (QED) is 0.820. The Balaban J connectivity index is 2.34. The fraction of sp³-hybridized carbons (Fsp3) is 0.214. The van der Waals surface area contributed by atoms with Gasteiger partial charge in [-0.05, 0) is 12.1 Å². The van der Waals surface area contributed by atoms with Crippen LogP contribution in [0.3, 0.4) is 0 Å². The number of nitriles is 1. The van der Waals surface area contributed by atoms with E-state index in [0.29, 0.717) is 12.4 Å². The van der Waals surface area contributed by atoms with E-state index in [1.54, 1.807) is 10.6 Å². The van der Waals surface area contributed by atoms with Gasteiger partial charge in [0.25, 0.3) is 0 Å². The van der Waals surface area contributed by atoms with E-state index >= 15 is 0 Å². The maximum absolute atomic E-state index is 11.8. The largest absolute Gasteiger partial charge is 0.351 e. The second-order valence-corrected chi connectivity index (χ2v) is 4.03. The summed E-state index contributed by atoms with van der Waals surface area (Å²) in [6, 6.07) is 9.60. The molecule has 0 radical (unpaired) electrons. The number of benzene rings is 1. The number of imidazole rings is 1. The Hall–Kier alpha value is -2.61. The van der Waals surface area contributed by atoms with Crippen LogP contribution in [0.4, 0.5) is 0 Å². The molecule has 1 aromatic heterocycles. The van der Waals surface area contributed by atoms with Crippen molar-refractivity contribution in [2.24, 2.45) is 0 Å².